The van der Waals surface area contributed by atoms with E-state index in [4.69, 9.17) is 0 Å². The van der Waals surface area contributed by atoms with Crippen molar-refractivity contribution in [3.63, 3.8) is 0 Å². The molecule has 0 atom stereocenters. The molecule has 3 heterocycles. The van der Waals surface area contributed by atoms with E-state index in [2.05, 4.69) is 9.97 Å². The van der Waals surface area contributed by atoms with Crippen LogP contribution in [0.3, 0.4) is 0 Å². The number of nitrogens with zero attached hydrogens (tertiary/aromatic N) is 2. The zero-order chi connectivity index (χ0) is 17.8. The Hall–Kier alpha value is -2.28. The van der Waals surface area contributed by atoms with Gasteiger partial charge in [0.25, 0.3) is 5.56 Å². The van der Waals surface area contributed by atoms with Crippen molar-refractivity contribution in [1.29, 1.82) is 0 Å². The Balaban J connectivity index is 1.54. The van der Waals surface area contributed by atoms with Crippen LogP contribution in [0.5, 0.6) is 0 Å². The maximum atomic E-state index is 14.4. The van der Waals surface area contributed by atoms with Gasteiger partial charge >= 0.3 is 0 Å². The maximum absolute atomic E-state index is 14.4. The first-order valence-corrected chi connectivity index (χ1v) is 9.68. The smallest absolute Gasteiger partial charge is 0.259 e. The molecule has 0 saturated carbocycles. The number of hydrogen-bond donors (Lipinski definition) is 1. The summed E-state index contributed by atoms with van der Waals surface area (Å²) >= 11 is 1.59. The number of rotatable bonds is 2. The number of benzene rings is 1. The summed E-state index contributed by atoms with van der Waals surface area (Å²) in [4.78, 5) is 24.0. The van der Waals surface area contributed by atoms with Crippen molar-refractivity contribution in [1.82, 2.24) is 9.97 Å². The van der Waals surface area contributed by atoms with E-state index in [0.717, 1.165) is 47.5 Å². The molecule has 0 radical (unpaired) electrons. The summed E-state index contributed by atoms with van der Waals surface area (Å²) in [6.45, 7) is 0.960. The van der Waals surface area contributed by atoms with Crippen molar-refractivity contribution >= 4 is 27.2 Å². The molecule has 5 rings (SSSR count). The summed E-state index contributed by atoms with van der Waals surface area (Å²) in [5.74, 6) is -0.582. The largest absolute Gasteiger partial charge is 0.361 e. The highest BCUT2D eigenvalue weighted by molar-refractivity contribution is 7.18. The van der Waals surface area contributed by atoms with Gasteiger partial charge in [0.15, 0.2) is 0 Å². The fraction of sp³-hybridized carbons (Fsp3) is 0.368. The number of halogens is 2. The second kappa shape index (κ2) is 5.87. The molecule has 3 aromatic rings. The van der Waals surface area contributed by atoms with E-state index in [1.54, 1.807) is 11.3 Å². The highest BCUT2D eigenvalue weighted by atomic mass is 32.1. The second-order valence-electron chi connectivity index (χ2n) is 6.97. The zero-order valence-corrected chi connectivity index (χ0v) is 14.9. The van der Waals surface area contributed by atoms with Gasteiger partial charge in [0.2, 0.25) is 0 Å². The molecule has 1 N–H and O–H groups in total. The van der Waals surface area contributed by atoms with Gasteiger partial charge in [0, 0.05) is 17.5 Å². The molecule has 1 aliphatic heterocycles. The van der Waals surface area contributed by atoms with Crippen molar-refractivity contribution in [2.45, 2.75) is 38.6 Å². The SMILES string of the molecule is O=c1[nH]c(CN2CCCc3cc(F)cc(F)c32)nc2sc3c(c12)CCC3. The van der Waals surface area contributed by atoms with Crippen molar-refractivity contribution in [2.75, 3.05) is 11.4 Å². The van der Waals surface area contributed by atoms with E-state index in [1.807, 2.05) is 4.90 Å². The van der Waals surface area contributed by atoms with Crippen molar-refractivity contribution in [2.24, 2.45) is 0 Å². The van der Waals surface area contributed by atoms with Crippen LogP contribution in [0, 0.1) is 11.6 Å². The predicted molar refractivity (Wildman–Crippen MR) is 98.0 cm³/mol. The topological polar surface area (TPSA) is 49.0 Å². The standard InChI is InChI=1S/C19H17F2N3OS/c20-11-7-10-3-2-6-24(17(10)13(21)8-11)9-15-22-18(25)16-12-4-1-5-14(12)26-19(16)23-15/h7-8H,1-6,9H2,(H,22,23,25). The molecular formula is C19H17F2N3OS. The van der Waals surface area contributed by atoms with Crippen LogP contribution in [0.2, 0.25) is 0 Å². The van der Waals surface area contributed by atoms with Gasteiger partial charge in [-0.1, -0.05) is 0 Å². The summed E-state index contributed by atoms with van der Waals surface area (Å²) < 4.78 is 27.9. The Bertz CT molecular complexity index is 1090. The van der Waals surface area contributed by atoms with Crippen molar-refractivity contribution in [3.05, 3.63) is 55.9 Å². The highest BCUT2D eigenvalue weighted by Gasteiger charge is 2.24. The van der Waals surface area contributed by atoms with Gasteiger partial charge in [0.05, 0.1) is 17.6 Å². The number of aromatic nitrogens is 2. The van der Waals surface area contributed by atoms with Gasteiger partial charge in [0.1, 0.15) is 22.3 Å². The number of anilines is 1. The van der Waals surface area contributed by atoms with Gasteiger partial charge < -0.3 is 9.88 Å². The number of nitrogens with one attached hydrogen (secondary N) is 1. The molecule has 1 aromatic carbocycles. The first kappa shape index (κ1) is 15.9. The number of hydrogen-bond acceptors (Lipinski definition) is 4. The molecule has 1 aliphatic carbocycles. The van der Waals surface area contributed by atoms with Gasteiger partial charge in [-0.05, 0) is 49.3 Å². The number of aryl methyl sites for hydroxylation is 3. The van der Waals surface area contributed by atoms with Crippen LogP contribution in [0.25, 0.3) is 10.2 Å². The number of aromatic amines is 1. The minimum Gasteiger partial charge on any atom is -0.361 e. The average molecular weight is 373 g/mol. The third-order valence-electron chi connectivity index (χ3n) is 5.26. The minimum atomic E-state index is -0.557. The van der Waals surface area contributed by atoms with Gasteiger partial charge in [-0.15, -0.1) is 11.3 Å². The Morgan fingerprint density at radius 2 is 2.08 bits per heavy atom. The van der Waals surface area contributed by atoms with E-state index < -0.39 is 11.6 Å². The Kier molecular flexibility index (Phi) is 3.60. The Morgan fingerprint density at radius 3 is 2.96 bits per heavy atom. The molecule has 0 spiro atoms. The van der Waals surface area contributed by atoms with Crippen molar-refractivity contribution < 1.29 is 8.78 Å². The van der Waals surface area contributed by atoms with E-state index in [9.17, 15) is 13.6 Å². The molecule has 2 aromatic heterocycles. The number of H-pyrrole nitrogens is 1. The lowest BCUT2D eigenvalue weighted by Gasteiger charge is -2.31. The predicted octanol–water partition coefficient (Wildman–Crippen LogP) is 3.70. The zero-order valence-electron chi connectivity index (χ0n) is 14.1. The maximum Gasteiger partial charge on any atom is 0.259 e. The summed E-state index contributed by atoms with van der Waals surface area (Å²) in [6, 6.07) is 2.31. The molecule has 0 fully saturated rings. The van der Waals surface area contributed by atoms with Crippen LogP contribution in [0.1, 0.15) is 34.7 Å². The van der Waals surface area contributed by atoms with Crippen LogP contribution in [-0.2, 0) is 25.8 Å². The third-order valence-corrected chi connectivity index (χ3v) is 6.45. The first-order chi connectivity index (χ1) is 12.6. The molecule has 134 valence electrons. The number of fused-ring (bicyclic) bond motifs is 4. The fourth-order valence-electron chi connectivity index (χ4n) is 4.20. The summed E-state index contributed by atoms with van der Waals surface area (Å²) in [7, 11) is 0. The molecule has 0 amide bonds. The van der Waals surface area contributed by atoms with Gasteiger partial charge in [-0.25, -0.2) is 13.8 Å². The molecule has 2 aliphatic rings. The van der Waals surface area contributed by atoms with Gasteiger partial charge in [-0.2, -0.15) is 0 Å². The lowest BCUT2D eigenvalue weighted by molar-refractivity contribution is 0.560. The van der Waals surface area contributed by atoms with Gasteiger partial charge in [-0.3, -0.25) is 4.79 Å². The fourth-order valence-corrected chi connectivity index (χ4v) is 5.48. The molecule has 0 bridgehead atoms. The molecule has 0 unspecified atom stereocenters. The molecular weight excluding hydrogens is 356 g/mol. The van der Waals surface area contributed by atoms with E-state index >= 15 is 0 Å². The summed E-state index contributed by atoms with van der Waals surface area (Å²) in [5, 5.41) is 0.721. The number of thiophene rings is 1. The van der Waals surface area contributed by atoms with Crippen LogP contribution in [-0.4, -0.2) is 16.5 Å². The van der Waals surface area contributed by atoms with Crippen LogP contribution in [0.4, 0.5) is 14.5 Å². The Labute approximate surface area is 152 Å². The van der Waals surface area contributed by atoms with E-state index in [-0.39, 0.29) is 5.56 Å². The summed E-state index contributed by atoms with van der Waals surface area (Å²) in [5.41, 5.74) is 2.14. The molecule has 26 heavy (non-hydrogen) atoms. The lowest BCUT2D eigenvalue weighted by Crippen LogP contribution is -2.31. The third kappa shape index (κ3) is 2.45. The first-order valence-electron chi connectivity index (χ1n) is 8.86. The normalized spacial score (nSPS) is 16.2. The van der Waals surface area contributed by atoms with Crippen molar-refractivity contribution in [3.8, 4) is 0 Å². The quantitative estimate of drug-likeness (QED) is 0.745. The van der Waals surface area contributed by atoms with Crippen LogP contribution < -0.4 is 10.5 Å². The average Bonchev–Trinajstić information content (AvgIpc) is 3.14. The second-order valence-corrected chi connectivity index (χ2v) is 8.05. The van der Waals surface area contributed by atoms with Crippen LogP contribution >= 0.6 is 11.3 Å². The van der Waals surface area contributed by atoms with E-state index in [1.165, 1.54) is 10.9 Å². The van der Waals surface area contributed by atoms with Crippen LogP contribution in [0.15, 0.2) is 16.9 Å². The molecule has 0 saturated heterocycles. The highest BCUT2D eigenvalue weighted by Crippen LogP contribution is 2.35. The monoisotopic (exact) mass is 373 g/mol. The minimum absolute atomic E-state index is 0.110. The van der Waals surface area contributed by atoms with E-state index in [0.29, 0.717) is 36.6 Å². The Morgan fingerprint density at radius 1 is 1.19 bits per heavy atom. The molecule has 4 nitrogen and oxygen atoms in total. The lowest BCUT2D eigenvalue weighted by atomic mass is 10.0. The molecule has 7 heteroatoms. The summed E-state index contributed by atoms with van der Waals surface area (Å²) in [6.07, 6.45) is 4.52.